The van der Waals surface area contributed by atoms with Crippen LogP contribution in [0.25, 0.3) is 21.3 Å². The summed E-state index contributed by atoms with van der Waals surface area (Å²) in [6.45, 7) is 1.25. The molecule has 3 aromatic rings. The standard InChI is InChI=1S/C22H19F2NO3S/c1-10(26)14-9-25(12-5-6-12)20-18(21(14)28)15(23)8-13(19(20)24)17-7-11-3-2-4-16(27)22(11)29-17/h7-9,12,16,27H,2-6H2,1H3. The highest BCUT2D eigenvalue weighted by Crippen LogP contribution is 2.43. The molecule has 0 radical (unpaired) electrons. The zero-order valence-corrected chi connectivity index (χ0v) is 16.6. The van der Waals surface area contributed by atoms with Crippen LogP contribution in [0.5, 0.6) is 0 Å². The predicted octanol–water partition coefficient (Wildman–Crippen LogP) is 4.92. The minimum absolute atomic E-state index is 0.0429. The van der Waals surface area contributed by atoms with E-state index in [1.165, 1.54) is 24.5 Å². The summed E-state index contributed by atoms with van der Waals surface area (Å²) in [6, 6.07) is 2.82. The summed E-state index contributed by atoms with van der Waals surface area (Å²) in [5.41, 5.74) is 0.0870. The number of benzene rings is 1. The fraction of sp³-hybridized carbons (Fsp3) is 0.364. The highest BCUT2D eigenvalue weighted by atomic mass is 32.1. The molecule has 1 saturated carbocycles. The van der Waals surface area contributed by atoms with Gasteiger partial charge >= 0.3 is 0 Å². The van der Waals surface area contributed by atoms with E-state index < -0.39 is 29.0 Å². The van der Waals surface area contributed by atoms with Crippen LogP contribution in [0.1, 0.15) is 65.6 Å². The molecule has 2 aliphatic carbocycles. The quantitative estimate of drug-likeness (QED) is 0.618. The normalized spacial score (nSPS) is 18.8. The molecule has 1 aromatic carbocycles. The first-order chi connectivity index (χ1) is 13.9. The summed E-state index contributed by atoms with van der Waals surface area (Å²) >= 11 is 1.27. The number of thiophene rings is 1. The second-order valence-corrected chi connectivity index (χ2v) is 9.00. The molecule has 0 saturated heterocycles. The number of aromatic nitrogens is 1. The summed E-state index contributed by atoms with van der Waals surface area (Å²) in [5, 5.41) is 9.86. The average Bonchev–Trinajstić information content (AvgIpc) is 3.42. The Balaban J connectivity index is 1.81. The SMILES string of the molecule is CC(=O)c1cn(C2CC2)c2c(F)c(-c3cc4c(s3)C(O)CCC4)cc(F)c2c1=O. The zero-order valence-electron chi connectivity index (χ0n) is 15.8. The number of aryl methyl sites for hydroxylation is 1. The van der Waals surface area contributed by atoms with Gasteiger partial charge in [-0.25, -0.2) is 8.78 Å². The second kappa shape index (κ2) is 6.57. The monoisotopic (exact) mass is 415 g/mol. The van der Waals surface area contributed by atoms with Crippen LogP contribution in [-0.4, -0.2) is 15.5 Å². The van der Waals surface area contributed by atoms with Crippen molar-refractivity contribution >= 4 is 28.0 Å². The Hall–Kier alpha value is -2.38. The van der Waals surface area contributed by atoms with E-state index in [1.54, 1.807) is 4.57 Å². The number of carbonyl (C=O) groups excluding carboxylic acids is 1. The molecule has 0 bridgehead atoms. The first-order valence-electron chi connectivity index (χ1n) is 9.75. The van der Waals surface area contributed by atoms with E-state index in [9.17, 15) is 14.7 Å². The molecule has 1 unspecified atom stereocenters. The van der Waals surface area contributed by atoms with Crippen molar-refractivity contribution in [1.29, 1.82) is 0 Å². The van der Waals surface area contributed by atoms with Crippen molar-refractivity contribution in [3.05, 3.63) is 56.2 Å². The Kier molecular flexibility index (Phi) is 4.22. The van der Waals surface area contributed by atoms with Crippen molar-refractivity contribution in [2.45, 2.75) is 51.2 Å². The summed E-state index contributed by atoms with van der Waals surface area (Å²) in [5.74, 6) is -1.95. The lowest BCUT2D eigenvalue weighted by Crippen LogP contribution is -2.19. The summed E-state index contributed by atoms with van der Waals surface area (Å²) in [4.78, 5) is 25.9. The van der Waals surface area contributed by atoms with E-state index in [0.717, 1.165) is 42.2 Å². The van der Waals surface area contributed by atoms with Crippen molar-refractivity contribution in [3.63, 3.8) is 0 Å². The molecule has 0 amide bonds. The fourth-order valence-electron chi connectivity index (χ4n) is 4.21. The van der Waals surface area contributed by atoms with Crippen LogP contribution in [-0.2, 0) is 6.42 Å². The number of halogens is 2. The molecule has 150 valence electrons. The van der Waals surface area contributed by atoms with Gasteiger partial charge in [-0.3, -0.25) is 9.59 Å². The van der Waals surface area contributed by atoms with E-state index in [4.69, 9.17) is 0 Å². The molecular weight excluding hydrogens is 396 g/mol. The van der Waals surface area contributed by atoms with Crippen LogP contribution >= 0.6 is 11.3 Å². The van der Waals surface area contributed by atoms with Gasteiger partial charge in [0.25, 0.3) is 0 Å². The van der Waals surface area contributed by atoms with Gasteiger partial charge in [-0.2, -0.15) is 0 Å². The van der Waals surface area contributed by atoms with Gasteiger partial charge in [0.15, 0.2) is 11.6 Å². The number of aliphatic hydroxyl groups excluding tert-OH is 1. The van der Waals surface area contributed by atoms with Crippen LogP contribution in [0.3, 0.4) is 0 Å². The number of nitrogens with zero attached hydrogens (tertiary/aromatic N) is 1. The van der Waals surface area contributed by atoms with Gasteiger partial charge in [0, 0.05) is 27.6 Å². The van der Waals surface area contributed by atoms with E-state index >= 15 is 8.78 Å². The van der Waals surface area contributed by atoms with Crippen LogP contribution < -0.4 is 5.43 Å². The van der Waals surface area contributed by atoms with Crippen LogP contribution in [0, 0.1) is 11.6 Å². The third-order valence-electron chi connectivity index (χ3n) is 5.84. The number of pyridine rings is 1. The lowest BCUT2D eigenvalue weighted by Gasteiger charge is -2.16. The van der Waals surface area contributed by atoms with Crippen LogP contribution in [0.15, 0.2) is 23.1 Å². The van der Waals surface area contributed by atoms with E-state index in [2.05, 4.69) is 0 Å². The van der Waals surface area contributed by atoms with Crippen LogP contribution in [0.2, 0.25) is 0 Å². The Morgan fingerprint density at radius 2 is 2.00 bits per heavy atom. The number of Topliss-reactive ketones (excluding diaryl/α,β-unsaturated/α-hetero) is 1. The van der Waals surface area contributed by atoms with Crippen molar-refractivity contribution in [2.75, 3.05) is 0 Å². The number of fused-ring (bicyclic) bond motifs is 2. The lowest BCUT2D eigenvalue weighted by atomic mass is 9.96. The molecule has 29 heavy (non-hydrogen) atoms. The molecule has 0 spiro atoms. The number of hydrogen-bond donors (Lipinski definition) is 1. The highest BCUT2D eigenvalue weighted by Gasteiger charge is 2.31. The third-order valence-corrected chi connectivity index (χ3v) is 7.15. The smallest absolute Gasteiger partial charge is 0.203 e. The average molecular weight is 415 g/mol. The molecule has 5 rings (SSSR count). The number of ketones is 1. The van der Waals surface area contributed by atoms with Gasteiger partial charge in [-0.05, 0) is 56.7 Å². The maximum absolute atomic E-state index is 15.7. The van der Waals surface area contributed by atoms with E-state index in [1.807, 2.05) is 6.07 Å². The van der Waals surface area contributed by atoms with E-state index in [-0.39, 0.29) is 28.1 Å². The molecule has 4 nitrogen and oxygen atoms in total. The number of hydrogen-bond acceptors (Lipinski definition) is 4. The van der Waals surface area contributed by atoms with Crippen LogP contribution in [0.4, 0.5) is 8.78 Å². The van der Waals surface area contributed by atoms with Crippen molar-refractivity contribution in [2.24, 2.45) is 0 Å². The number of carbonyl (C=O) groups is 1. The van der Waals surface area contributed by atoms with Gasteiger partial charge in [0.2, 0.25) is 5.43 Å². The molecule has 0 aliphatic heterocycles. The first kappa shape index (κ1) is 18.6. The minimum atomic E-state index is -0.828. The van der Waals surface area contributed by atoms with Gasteiger partial charge in [-0.1, -0.05) is 0 Å². The first-order valence-corrected chi connectivity index (χ1v) is 10.6. The molecular formula is C22H19F2NO3S. The molecule has 2 heterocycles. The van der Waals surface area contributed by atoms with Gasteiger partial charge in [0.1, 0.15) is 5.82 Å². The Bertz CT molecular complexity index is 1240. The molecule has 1 fully saturated rings. The molecule has 7 heteroatoms. The Morgan fingerprint density at radius 1 is 1.24 bits per heavy atom. The Labute approximate surface area is 169 Å². The zero-order chi connectivity index (χ0) is 20.4. The van der Waals surface area contributed by atoms with Crippen molar-refractivity contribution < 1.29 is 18.7 Å². The Morgan fingerprint density at radius 3 is 2.66 bits per heavy atom. The second-order valence-electron chi connectivity index (χ2n) is 7.92. The molecule has 2 aromatic heterocycles. The summed E-state index contributed by atoms with van der Waals surface area (Å²) < 4.78 is 32.3. The lowest BCUT2D eigenvalue weighted by molar-refractivity contribution is 0.101. The summed E-state index contributed by atoms with van der Waals surface area (Å²) in [6.07, 6.45) is 4.70. The molecule has 2 aliphatic rings. The number of rotatable bonds is 3. The van der Waals surface area contributed by atoms with E-state index in [0.29, 0.717) is 11.3 Å². The van der Waals surface area contributed by atoms with Crippen molar-refractivity contribution in [3.8, 4) is 10.4 Å². The van der Waals surface area contributed by atoms with Gasteiger partial charge in [-0.15, -0.1) is 11.3 Å². The molecule has 1 atom stereocenters. The number of aliphatic hydroxyl groups is 1. The predicted molar refractivity (Wildman–Crippen MR) is 108 cm³/mol. The van der Waals surface area contributed by atoms with Gasteiger partial charge in [0.05, 0.1) is 22.6 Å². The minimum Gasteiger partial charge on any atom is -0.388 e. The van der Waals surface area contributed by atoms with Crippen molar-refractivity contribution in [1.82, 2.24) is 4.57 Å². The summed E-state index contributed by atoms with van der Waals surface area (Å²) in [7, 11) is 0. The fourth-order valence-corrected chi connectivity index (χ4v) is 5.45. The highest BCUT2D eigenvalue weighted by molar-refractivity contribution is 7.15. The third kappa shape index (κ3) is 2.87. The largest absolute Gasteiger partial charge is 0.388 e. The molecule has 1 N–H and O–H groups in total. The van der Waals surface area contributed by atoms with Gasteiger partial charge < -0.3 is 9.67 Å². The maximum Gasteiger partial charge on any atom is 0.203 e. The maximum atomic E-state index is 15.7. The topological polar surface area (TPSA) is 59.3 Å².